The Labute approximate surface area is 81.1 Å². The van der Waals surface area contributed by atoms with Gasteiger partial charge in [-0.25, -0.2) is 0 Å². The molecule has 1 aromatic carbocycles. The van der Waals surface area contributed by atoms with E-state index >= 15 is 0 Å². The summed E-state index contributed by atoms with van der Waals surface area (Å²) in [6.07, 6.45) is 0.145. The van der Waals surface area contributed by atoms with Crippen molar-refractivity contribution in [3.8, 4) is 0 Å². The van der Waals surface area contributed by atoms with E-state index in [9.17, 15) is 9.59 Å². The predicted octanol–water partition coefficient (Wildman–Crippen LogP) is 0.598. The van der Waals surface area contributed by atoms with Crippen LogP contribution in [0.1, 0.15) is 17.9 Å². The smallest absolute Gasteiger partial charge is 0.225 e. The van der Waals surface area contributed by atoms with Crippen LogP contribution in [0.4, 0.5) is 5.69 Å². The minimum absolute atomic E-state index is 0.145. The van der Waals surface area contributed by atoms with Gasteiger partial charge in [0, 0.05) is 12.1 Å². The van der Waals surface area contributed by atoms with Crippen molar-refractivity contribution in [3.63, 3.8) is 0 Å². The summed E-state index contributed by atoms with van der Waals surface area (Å²) in [4.78, 5) is 22.3. The Hall–Kier alpha value is -1.84. The fourth-order valence-electron chi connectivity index (χ4n) is 1.67. The van der Waals surface area contributed by atoms with E-state index < -0.39 is 11.8 Å². The van der Waals surface area contributed by atoms with Gasteiger partial charge in [-0.05, 0) is 11.6 Å². The zero-order valence-electron chi connectivity index (χ0n) is 7.49. The minimum atomic E-state index is -0.486. The van der Waals surface area contributed by atoms with E-state index in [0.29, 0.717) is 5.69 Å². The normalized spacial score (nSPS) is 19.7. The van der Waals surface area contributed by atoms with E-state index in [-0.39, 0.29) is 12.3 Å². The average molecular weight is 190 g/mol. The van der Waals surface area contributed by atoms with Crippen molar-refractivity contribution in [3.05, 3.63) is 29.8 Å². The van der Waals surface area contributed by atoms with Gasteiger partial charge in [0.25, 0.3) is 0 Å². The van der Waals surface area contributed by atoms with Crippen LogP contribution in [0.25, 0.3) is 0 Å². The van der Waals surface area contributed by atoms with Crippen molar-refractivity contribution in [1.82, 2.24) is 0 Å². The maximum Gasteiger partial charge on any atom is 0.225 e. The third kappa shape index (κ3) is 1.35. The van der Waals surface area contributed by atoms with Crippen molar-refractivity contribution < 1.29 is 9.59 Å². The summed E-state index contributed by atoms with van der Waals surface area (Å²) < 4.78 is 0. The molecule has 1 atom stereocenters. The summed E-state index contributed by atoms with van der Waals surface area (Å²) in [7, 11) is 0. The van der Waals surface area contributed by atoms with Crippen molar-refractivity contribution in [2.45, 2.75) is 12.3 Å². The van der Waals surface area contributed by atoms with E-state index in [4.69, 9.17) is 5.73 Å². The molecule has 4 heteroatoms. The molecule has 0 fully saturated rings. The highest BCUT2D eigenvalue weighted by Crippen LogP contribution is 2.31. The predicted molar refractivity (Wildman–Crippen MR) is 51.6 cm³/mol. The van der Waals surface area contributed by atoms with Crippen molar-refractivity contribution in [2.24, 2.45) is 5.73 Å². The number of nitrogens with one attached hydrogen (secondary N) is 1. The zero-order valence-corrected chi connectivity index (χ0v) is 7.49. The molecular formula is C10H10N2O2. The number of hydrogen-bond acceptors (Lipinski definition) is 2. The first-order valence-corrected chi connectivity index (χ1v) is 4.36. The maximum absolute atomic E-state index is 11.2. The second-order valence-corrected chi connectivity index (χ2v) is 3.29. The Bertz CT molecular complexity index is 401. The standard InChI is InChI=1S/C10H10N2O2/c11-10(14)7-5-9(13)12-8-4-2-1-3-6(7)8/h1-4,7H,5H2,(H2,11,14)(H,12,13). The molecule has 72 valence electrons. The lowest BCUT2D eigenvalue weighted by atomic mass is 9.90. The molecule has 1 unspecified atom stereocenters. The topological polar surface area (TPSA) is 72.2 Å². The number of primary amides is 1. The summed E-state index contributed by atoms with van der Waals surface area (Å²) in [6, 6.07) is 7.21. The summed E-state index contributed by atoms with van der Waals surface area (Å²) >= 11 is 0. The molecule has 0 saturated heterocycles. The molecule has 0 bridgehead atoms. The lowest BCUT2D eigenvalue weighted by Gasteiger charge is -2.22. The lowest BCUT2D eigenvalue weighted by Crippen LogP contribution is -2.31. The fraction of sp³-hybridized carbons (Fsp3) is 0.200. The van der Waals surface area contributed by atoms with Gasteiger partial charge in [0.1, 0.15) is 0 Å². The number of amides is 2. The number of anilines is 1. The molecule has 0 radical (unpaired) electrons. The van der Waals surface area contributed by atoms with Gasteiger partial charge in [0.05, 0.1) is 5.92 Å². The number of rotatable bonds is 1. The highest BCUT2D eigenvalue weighted by Gasteiger charge is 2.28. The first-order valence-electron chi connectivity index (χ1n) is 4.36. The Morgan fingerprint density at radius 1 is 1.43 bits per heavy atom. The molecular weight excluding hydrogens is 180 g/mol. The molecule has 1 aliphatic rings. The number of benzene rings is 1. The van der Waals surface area contributed by atoms with E-state index in [2.05, 4.69) is 5.32 Å². The summed E-state index contributed by atoms with van der Waals surface area (Å²) in [5.74, 6) is -1.10. The van der Waals surface area contributed by atoms with Crippen LogP contribution in [0.3, 0.4) is 0 Å². The second-order valence-electron chi connectivity index (χ2n) is 3.29. The van der Waals surface area contributed by atoms with Crippen LogP contribution in [0.2, 0.25) is 0 Å². The molecule has 0 saturated carbocycles. The third-order valence-electron chi connectivity index (χ3n) is 2.34. The number of hydrogen-bond donors (Lipinski definition) is 2. The van der Waals surface area contributed by atoms with Crippen LogP contribution in [0.5, 0.6) is 0 Å². The SMILES string of the molecule is NC(=O)C1CC(=O)Nc2ccccc21. The summed E-state index contributed by atoms with van der Waals surface area (Å²) in [5.41, 5.74) is 6.72. The quantitative estimate of drug-likeness (QED) is 0.680. The molecule has 2 amide bonds. The zero-order chi connectivity index (χ0) is 10.1. The first kappa shape index (κ1) is 8.74. The maximum atomic E-state index is 11.2. The van der Waals surface area contributed by atoms with Gasteiger partial charge < -0.3 is 11.1 Å². The molecule has 3 N–H and O–H groups in total. The van der Waals surface area contributed by atoms with Gasteiger partial charge in [-0.2, -0.15) is 0 Å². The monoisotopic (exact) mass is 190 g/mol. The number of carbonyl (C=O) groups excluding carboxylic acids is 2. The van der Waals surface area contributed by atoms with Gasteiger partial charge in [-0.1, -0.05) is 18.2 Å². The molecule has 1 aliphatic heterocycles. The molecule has 14 heavy (non-hydrogen) atoms. The van der Waals surface area contributed by atoms with Gasteiger partial charge in [0.2, 0.25) is 11.8 Å². The molecule has 1 heterocycles. The summed E-state index contributed by atoms with van der Waals surface area (Å²) in [6.45, 7) is 0. The Balaban J connectivity index is 2.48. The third-order valence-corrected chi connectivity index (χ3v) is 2.34. The minimum Gasteiger partial charge on any atom is -0.369 e. The molecule has 1 aromatic rings. The Morgan fingerprint density at radius 3 is 2.86 bits per heavy atom. The number of carbonyl (C=O) groups is 2. The second kappa shape index (κ2) is 3.14. The molecule has 0 aromatic heterocycles. The average Bonchev–Trinajstić information content (AvgIpc) is 2.16. The van der Waals surface area contributed by atoms with Crippen molar-refractivity contribution >= 4 is 17.5 Å². The van der Waals surface area contributed by atoms with Crippen LogP contribution in [0, 0.1) is 0 Å². The van der Waals surface area contributed by atoms with Gasteiger partial charge in [-0.15, -0.1) is 0 Å². The van der Waals surface area contributed by atoms with Crippen LogP contribution >= 0.6 is 0 Å². The van der Waals surface area contributed by atoms with Gasteiger partial charge in [0.15, 0.2) is 0 Å². The molecule has 2 rings (SSSR count). The number of fused-ring (bicyclic) bond motifs is 1. The summed E-state index contributed by atoms with van der Waals surface area (Å²) in [5, 5.41) is 2.70. The fourth-order valence-corrected chi connectivity index (χ4v) is 1.67. The molecule has 0 aliphatic carbocycles. The van der Waals surface area contributed by atoms with Crippen LogP contribution in [0.15, 0.2) is 24.3 Å². The van der Waals surface area contributed by atoms with E-state index in [1.54, 1.807) is 6.07 Å². The van der Waals surface area contributed by atoms with Crippen molar-refractivity contribution in [1.29, 1.82) is 0 Å². The van der Waals surface area contributed by atoms with Crippen LogP contribution in [-0.4, -0.2) is 11.8 Å². The van der Waals surface area contributed by atoms with Gasteiger partial charge >= 0.3 is 0 Å². The Morgan fingerprint density at radius 2 is 2.14 bits per heavy atom. The van der Waals surface area contributed by atoms with Crippen LogP contribution < -0.4 is 11.1 Å². The molecule has 4 nitrogen and oxygen atoms in total. The largest absolute Gasteiger partial charge is 0.369 e. The van der Waals surface area contributed by atoms with E-state index in [1.165, 1.54) is 0 Å². The highest BCUT2D eigenvalue weighted by molar-refractivity contribution is 6.00. The molecule has 0 spiro atoms. The number of para-hydroxylation sites is 1. The van der Waals surface area contributed by atoms with Crippen molar-refractivity contribution in [2.75, 3.05) is 5.32 Å². The Kier molecular flexibility index (Phi) is 1.96. The van der Waals surface area contributed by atoms with E-state index in [0.717, 1.165) is 5.56 Å². The lowest BCUT2D eigenvalue weighted by molar-refractivity contribution is -0.124. The van der Waals surface area contributed by atoms with E-state index in [1.807, 2.05) is 18.2 Å². The van der Waals surface area contributed by atoms with Crippen LogP contribution in [-0.2, 0) is 9.59 Å². The number of nitrogens with two attached hydrogens (primary N) is 1. The first-order chi connectivity index (χ1) is 6.68. The van der Waals surface area contributed by atoms with Gasteiger partial charge in [-0.3, -0.25) is 9.59 Å². The highest BCUT2D eigenvalue weighted by atomic mass is 16.2.